The Hall–Kier alpha value is -2.55. The molecule has 1 aromatic heterocycles. The number of carbonyl (C=O) groups is 3. The van der Waals surface area contributed by atoms with Gasteiger partial charge in [0.15, 0.2) is 0 Å². The first-order chi connectivity index (χ1) is 15.1. The molecule has 0 bridgehead atoms. The highest BCUT2D eigenvalue weighted by molar-refractivity contribution is 6.06. The zero-order chi connectivity index (χ0) is 23.1. The molecule has 1 N–H and O–H groups in total. The van der Waals surface area contributed by atoms with Crippen molar-refractivity contribution in [2.24, 2.45) is 0 Å². The number of carbonyl (C=O) groups excluding carboxylic acids is 3. The molecule has 9 nitrogen and oxygen atoms in total. The van der Waals surface area contributed by atoms with Crippen LogP contribution in [0.5, 0.6) is 0 Å². The van der Waals surface area contributed by atoms with Crippen LogP contribution in [0.1, 0.15) is 76.4 Å². The molecular weight excluding hydrogens is 410 g/mol. The van der Waals surface area contributed by atoms with E-state index in [1.165, 1.54) is 4.90 Å². The Morgan fingerprint density at radius 2 is 1.97 bits per heavy atom. The number of hydrogen-bond acceptors (Lipinski definition) is 6. The highest BCUT2D eigenvalue weighted by Gasteiger charge is 2.45. The van der Waals surface area contributed by atoms with Crippen LogP contribution in [0.15, 0.2) is 6.20 Å². The van der Waals surface area contributed by atoms with Gasteiger partial charge in [0.2, 0.25) is 5.91 Å². The lowest BCUT2D eigenvalue weighted by Gasteiger charge is -2.44. The van der Waals surface area contributed by atoms with Gasteiger partial charge in [0, 0.05) is 38.2 Å². The second-order valence-electron chi connectivity index (χ2n) is 9.85. The molecule has 0 saturated carbocycles. The maximum atomic E-state index is 12.8. The number of aromatic nitrogens is 2. The number of ether oxygens (including phenoxy) is 1. The second-order valence-corrected chi connectivity index (χ2v) is 9.85. The Labute approximate surface area is 188 Å². The van der Waals surface area contributed by atoms with Crippen LogP contribution in [0.3, 0.4) is 0 Å². The van der Waals surface area contributed by atoms with Crippen molar-refractivity contribution in [3.05, 3.63) is 23.3 Å². The van der Waals surface area contributed by atoms with Crippen molar-refractivity contribution in [2.75, 3.05) is 26.2 Å². The fraction of sp³-hybridized carbons (Fsp3) is 0.696. The van der Waals surface area contributed by atoms with Crippen molar-refractivity contribution in [1.82, 2.24) is 25.1 Å². The lowest BCUT2D eigenvalue weighted by atomic mass is 9.83. The molecule has 174 valence electrons. The summed E-state index contributed by atoms with van der Waals surface area (Å²) >= 11 is 0. The molecule has 1 aromatic rings. The smallest absolute Gasteiger partial charge is 0.325 e. The standard InChI is InChI=1S/C23H33N5O4/c1-15(2)19-24-14-16-7-13-32-23(18(16)25-19)8-11-27(12-9-23)17(29)6-5-10-28-20(30)22(3,4)26-21(28)31/h14-15H,5-13H2,1-4H3,(H,26,31). The summed E-state index contributed by atoms with van der Waals surface area (Å²) in [6.07, 6.45) is 4.94. The van der Waals surface area contributed by atoms with Crippen LogP contribution < -0.4 is 5.32 Å². The number of hydrogen-bond donors (Lipinski definition) is 1. The zero-order valence-corrected chi connectivity index (χ0v) is 19.4. The first-order valence-corrected chi connectivity index (χ1v) is 11.5. The normalized spacial score (nSPS) is 21.8. The van der Waals surface area contributed by atoms with Crippen molar-refractivity contribution in [3.63, 3.8) is 0 Å². The fourth-order valence-corrected chi connectivity index (χ4v) is 4.77. The monoisotopic (exact) mass is 443 g/mol. The van der Waals surface area contributed by atoms with Gasteiger partial charge in [-0.05, 0) is 45.1 Å². The number of urea groups is 1. The van der Waals surface area contributed by atoms with Crippen LogP contribution in [-0.4, -0.2) is 69.4 Å². The van der Waals surface area contributed by atoms with Crippen molar-refractivity contribution in [1.29, 1.82) is 0 Å². The summed E-state index contributed by atoms with van der Waals surface area (Å²) in [6.45, 7) is 9.64. The molecule has 0 atom stereocenters. The van der Waals surface area contributed by atoms with Gasteiger partial charge in [0.25, 0.3) is 5.91 Å². The first-order valence-electron chi connectivity index (χ1n) is 11.5. The predicted octanol–water partition coefficient (Wildman–Crippen LogP) is 2.10. The van der Waals surface area contributed by atoms with Crippen molar-refractivity contribution in [3.8, 4) is 0 Å². The molecule has 0 aromatic carbocycles. The maximum Gasteiger partial charge on any atom is 0.325 e. The number of piperidine rings is 1. The maximum absolute atomic E-state index is 12.8. The number of rotatable bonds is 5. The quantitative estimate of drug-likeness (QED) is 0.699. The summed E-state index contributed by atoms with van der Waals surface area (Å²) in [5, 5.41) is 2.66. The third kappa shape index (κ3) is 4.10. The second kappa shape index (κ2) is 8.42. The Balaban J connectivity index is 1.34. The van der Waals surface area contributed by atoms with Gasteiger partial charge in [-0.15, -0.1) is 0 Å². The Kier molecular flexibility index (Phi) is 5.96. The largest absolute Gasteiger partial charge is 0.368 e. The summed E-state index contributed by atoms with van der Waals surface area (Å²) in [4.78, 5) is 49.5. The minimum atomic E-state index is -0.877. The highest BCUT2D eigenvalue weighted by atomic mass is 16.5. The number of imide groups is 1. The van der Waals surface area contributed by atoms with Crippen LogP contribution >= 0.6 is 0 Å². The number of likely N-dealkylation sites (tertiary alicyclic amines) is 1. The van der Waals surface area contributed by atoms with E-state index in [-0.39, 0.29) is 30.3 Å². The molecular formula is C23H33N5O4. The molecule has 2 saturated heterocycles. The van der Waals surface area contributed by atoms with E-state index in [2.05, 4.69) is 24.1 Å². The van der Waals surface area contributed by atoms with Gasteiger partial charge in [0.05, 0.1) is 12.3 Å². The Morgan fingerprint density at radius 3 is 2.59 bits per heavy atom. The molecule has 0 radical (unpaired) electrons. The van der Waals surface area contributed by atoms with Crippen LogP contribution in [0, 0.1) is 0 Å². The molecule has 4 amide bonds. The molecule has 4 rings (SSSR count). The molecule has 0 unspecified atom stereocenters. The van der Waals surface area contributed by atoms with E-state index in [9.17, 15) is 14.4 Å². The summed E-state index contributed by atoms with van der Waals surface area (Å²) in [7, 11) is 0. The van der Waals surface area contributed by atoms with E-state index in [0.29, 0.717) is 45.4 Å². The minimum Gasteiger partial charge on any atom is -0.368 e. The van der Waals surface area contributed by atoms with E-state index >= 15 is 0 Å². The van der Waals surface area contributed by atoms with Gasteiger partial charge in [0.1, 0.15) is 17.0 Å². The number of fused-ring (bicyclic) bond motifs is 2. The van der Waals surface area contributed by atoms with Gasteiger partial charge in [-0.25, -0.2) is 14.8 Å². The van der Waals surface area contributed by atoms with Crippen LogP contribution in [0.25, 0.3) is 0 Å². The summed E-state index contributed by atoms with van der Waals surface area (Å²) in [5.74, 6) is 0.880. The summed E-state index contributed by atoms with van der Waals surface area (Å²) in [5.41, 5.74) is 0.827. The zero-order valence-electron chi connectivity index (χ0n) is 19.4. The molecule has 3 aliphatic rings. The van der Waals surface area contributed by atoms with Gasteiger partial charge in [-0.3, -0.25) is 14.5 Å². The summed E-state index contributed by atoms with van der Waals surface area (Å²) < 4.78 is 6.27. The Bertz CT molecular complexity index is 921. The van der Waals surface area contributed by atoms with Gasteiger partial charge < -0.3 is 15.0 Å². The third-order valence-electron chi connectivity index (χ3n) is 6.72. The van der Waals surface area contributed by atoms with E-state index in [1.807, 2.05) is 11.1 Å². The first kappa shape index (κ1) is 22.6. The van der Waals surface area contributed by atoms with Crippen LogP contribution in [0.2, 0.25) is 0 Å². The number of nitrogens with one attached hydrogen (secondary N) is 1. The molecule has 4 heterocycles. The Morgan fingerprint density at radius 1 is 1.25 bits per heavy atom. The summed E-state index contributed by atoms with van der Waals surface area (Å²) in [6, 6.07) is -0.386. The van der Waals surface area contributed by atoms with Gasteiger partial charge >= 0.3 is 6.03 Å². The van der Waals surface area contributed by atoms with Gasteiger partial charge in [-0.1, -0.05) is 13.8 Å². The molecule has 3 aliphatic heterocycles. The van der Waals surface area contributed by atoms with Crippen molar-refractivity contribution < 1.29 is 19.1 Å². The average molecular weight is 444 g/mol. The SMILES string of the molecule is CC(C)c1ncc2c(n1)C1(CCN(C(=O)CCCN3C(=O)NC(C)(C)C3=O)CC1)OCC2. The van der Waals surface area contributed by atoms with Crippen molar-refractivity contribution in [2.45, 2.75) is 76.9 Å². The van der Waals surface area contributed by atoms with E-state index in [4.69, 9.17) is 9.72 Å². The predicted molar refractivity (Wildman–Crippen MR) is 117 cm³/mol. The van der Waals surface area contributed by atoms with E-state index < -0.39 is 11.1 Å². The molecule has 2 fully saturated rings. The third-order valence-corrected chi connectivity index (χ3v) is 6.72. The molecule has 1 spiro atoms. The topological polar surface area (TPSA) is 105 Å². The van der Waals surface area contributed by atoms with Gasteiger partial charge in [-0.2, -0.15) is 0 Å². The van der Waals surface area contributed by atoms with Crippen LogP contribution in [0.4, 0.5) is 4.79 Å². The lowest BCUT2D eigenvalue weighted by Crippen LogP contribution is -2.49. The molecule has 0 aliphatic carbocycles. The number of nitrogens with zero attached hydrogens (tertiary/aromatic N) is 4. The lowest BCUT2D eigenvalue weighted by molar-refractivity contribution is -0.141. The minimum absolute atomic E-state index is 0.0488. The molecule has 32 heavy (non-hydrogen) atoms. The van der Waals surface area contributed by atoms with E-state index in [0.717, 1.165) is 23.5 Å². The van der Waals surface area contributed by atoms with Crippen LogP contribution in [-0.2, 0) is 26.3 Å². The molecule has 9 heteroatoms. The van der Waals surface area contributed by atoms with Crippen molar-refractivity contribution >= 4 is 17.8 Å². The fourth-order valence-electron chi connectivity index (χ4n) is 4.77. The average Bonchev–Trinajstić information content (AvgIpc) is 2.95. The number of amides is 4. The van der Waals surface area contributed by atoms with E-state index in [1.54, 1.807) is 13.8 Å². The highest BCUT2D eigenvalue weighted by Crippen LogP contribution is 2.40.